The molecule has 0 aliphatic rings. The van der Waals surface area contributed by atoms with Crippen molar-refractivity contribution in [2.24, 2.45) is 0 Å². The number of thioether (sulfide) groups is 1. The molecule has 3 nitrogen and oxygen atoms in total. The van der Waals surface area contributed by atoms with Gasteiger partial charge in [0.1, 0.15) is 0 Å². The third-order valence-electron chi connectivity index (χ3n) is 3.62. The number of aliphatic hydroxyl groups excluding tert-OH is 1. The molecule has 0 fully saturated rings. The molecule has 0 radical (unpaired) electrons. The van der Waals surface area contributed by atoms with E-state index in [1.54, 1.807) is 11.8 Å². The van der Waals surface area contributed by atoms with Gasteiger partial charge < -0.3 is 5.11 Å². The first kappa shape index (κ1) is 15.8. The van der Waals surface area contributed by atoms with Crippen LogP contribution in [0.15, 0.2) is 65.6 Å². The molecule has 1 N–H and O–H groups in total. The molecule has 0 spiro atoms. The molecule has 0 amide bonds. The van der Waals surface area contributed by atoms with Crippen molar-refractivity contribution >= 4 is 11.8 Å². The van der Waals surface area contributed by atoms with E-state index < -0.39 is 0 Å². The number of hydrogen-bond acceptors (Lipinski definition) is 3. The molecular weight excluding hydrogens is 304 g/mol. The predicted octanol–water partition coefficient (Wildman–Crippen LogP) is 4.01. The van der Waals surface area contributed by atoms with Crippen molar-refractivity contribution in [1.82, 2.24) is 9.78 Å². The molecule has 0 atom stereocenters. The first-order valence-electron chi connectivity index (χ1n) is 7.70. The second-order valence-electron chi connectivity index (χ2n) is 5.43. The predicted molar refractivity (Wildman–Crippen MR) is 95.1 cm³/mol. The number of benzene rings is 2. The van der Waals surface area contributed by atoms with Gasteiger partial charge in [-0.2, -0.15) is 5.10 Å². The SMILES string of the molecule is Cc1cc(CSc2ccc(CCO)cc2)n(-c2ccccc2)n1. The lowest BCUT2D eigenvalue weighted by molar-refractivity contribution is 0.299. The van der Waals surface area contributed by atoms with E-state index >= 15 is 0 Å². The van der Waals surface area contributed by atoms with E-state index in [9.17, 15) is 0 Å². The summed E-state index contributed by atoms with van der Waals surface area (Å²) in [6.45, 7) is 2.22. The normalized spacial score (nSPS) is 10.9. The maximum absolute atomic E-state index is 8.97. The Balaban J connectivity index is 1.73. The molecule has 0 bridgehead atoms. The lowest BCUT2D eigenvalue weighted by Crippen LogP contribution is -2.00. The summed E-state index contributed by atoms with van der Waals surface area (Å²) < 4.78 is 2.02. The van der Waals surface area contributed by atoms with Gasteiger partial charge in [-0.25, -0.2) is 4.68 Å². The van der Waals surface area contributed by atoms with Gasteiger partial charge in [-0.1, -0.05) is 30.3 Å². The average molecular weight is 324 g/mol. The Kier molecular flexibility index (Phi) is 5.16. The number of aryl methyl sites for hydroxylation is 1. The smallest absolute Gasteiger partial charge is 0.0649 e. The van der Waals surface area contributed by atoms with E-state index in [0.717, 1.165) is 17.1 Å². The first-order valence-corrected chi connectivity index (χ1v) is 8.68. The summed E-state index contributed by atoms with van der Waals surface area (Å²) in [5.74, 6) is 0.870. The Hall–Kier alpha value is -2.04. The van der Waals surface area contributed by atoms with Crippen LogP contribution in [-0.2, 0) is 12.2 Å². The number of rotatable bonds is 6. The van der Waals surface area contributed by atoms with E-state index in [1.165, 1.54) is 16.2 Å². The minimum Gasteiger partial charge on any atom is -0.396 e. The molecule has 1 aromatic heterocycles. The summed E-state index contributed by atoms with van der Waals surface area (Å²) in [4.78, 5) is 1.23. The molecule has 0 aliphatic carbocycles. The van der Waals surface area contributed by atoms with Crippen LogP contribution in [0.25, 0.3) is 5.69 Å². The zero-order valence-electron chi connectivity index (χ0n) is 13.1. The van der Waals surface area contributed by atoms with E-state index in [4.69, 9.17) is 5.11 Å². The van der Waals surface area contributed by atoms with Crippen LogP contribution in [0.3, 0.4) is 0 Å². The fourth-order valence-corrected chi connectivity index (χ4v) is 3.34. The highest BCUT2D eigenvalue weighted by Gasteiger charge is 2.08. The van der Waals surface area contributed by atoms with Gasteiger partial charge in [-0.3, -0.25) is 0 Å². The van der Waals surface area contributed by atoms with Crippen molar-refractivity contribution in [2.45, 2.75) is 24.0 Å². The fraction of sp³-hybridized carbons (Fsp3) is 0.211. The first-order chi connectivity index (χ1) is 11.3. The molecule has 0 saturated carbocycles. The van der Waals surface area contributed by atoms with E-state index in [0.29, 0.717) is 6.42 Å². The molecule has 1 heterocycles. The van der Waals surface area contributed by atoms with Crippen LogP contribution in [0.1, 0.15) is 17.0 Å². The van der Waals surface area contributed by atoms with Gasteiger partial charge in [-0.05, 0) is 49.2 Å². The Morgan fingerprint density at radius 1 is 1.04 bits per heavy atom. The molecule has 118 valence electrons. The molecule has 0 aliphatic heterocycles. The number of aromatic nitrogens is 2. The summed E-state index contributed by atoms with van der Waals surface area (Å²) >= 11 is 1.80. The zero-order chi connectivity index (χ0) is 16.1. The largest absolute Gasteiger partial charge is 0.396 e. The van der Waals surface area contributed by atoms with Crippen molar-refractivity contribution in [3.63, 3.8) is 0 Å². The molecule has 0 unspecified atom stereocenters. The Morgan fingerprint density at radius 2 is 1.78 bits per heavy atom. The van der Waals surface area contributed by atoms with Crippen LogP contribution in [-0.4, -0.2) is 21.5 Å². The molecule has 3 aromatic rings. The topological polar surface area (TPSA) is 38.0 Å². The van der Waals surface area contributed by atoms with Gasteiger partial charge >= 0.3 is 0 Å². The average Bonchev–Trinajstić information content (AvgIpc) is 2.96. The fourth-order valence-electron chi connectivity index (χ4n) is 2.49. The second kappa shape index (κ2) is 7.49. The minimum absolute atomic E-state index is 0.196. The van der Waals surface area contributed by atoms with Gasteiger partial charge in [0, 0.05) is 17.3 Å². The van der Waals surface area contributed by atoms with Crippen molar-refractivity contribution in [3.8, 4) is 5.69 Å². The summed E-state index contributed by atoms with van der Waals surface area (Å²) in [6.07, 6.45) is 0.713. The van der Waals surface area contributed by atoms with Crippen LogP contribution in [0.5, 0.6) is 0 Å². The molecule has 2 aromatic carbocycles. The molecule has 4 heteroatoms. The lowest BCUT2D eigenvalue weighted by Gasteiger charge is -2.07. The number of hydrogen-bond donors (Lipinski definition) is 1. The van der Waals surface area contributed by atoms with Crippen LogP contribution in [0.4, 0.5) is 0 Å². The minimum atomic E-state index is 0.196. The summed E-state index contributed by atoms with van der Waals surface area (Å²) in [7, 11) is 0. The van der Waals surface area contributed by atoms with E-state index in [2.05, 4.69) is 47.6 Å². The van der Waals surface area contributed by atoms with Crippen LogP contribution in [0, 0.1) is 6.92 Å². The number of aliphatic hydroxyl groups is 1. The highest BCUT2D eigenvalue weighted by atomic mass is 32.2. The highest BCUT2D eigenvalue weighted by Crippen LogP contribution is 2.25. The second-order valence-corrected chi connectivity index (χ2v) is 6.48. The van der Waals surface area contributed by atoms with Gasteiger partial charge in [0.15, 0.2) is 0 Å². The van der Waals surface area contributed by atoms with Gasteiger partial charge in [-0.15, -0.1) is 11.8 Å². The Bertz CT molecular complexity index is 751. The van der Waals surface area contributed by atoms with E-state index in [-0.39, 0.29) is 6.61 Å². The summed E-state index contributed by atoms with van der Waals surface area (Å²) in [6, 6.07) is 20.8. The van der Waals surface area contributed by atoms with Gasteiger partial charge in [0.25, 0.3) is 0 Å². The highest BCUT2D eigenvalue weighted by molar-refractivity contribution is 7.98. The molecule has 0 saturated heterocycles. The van der Waals surface area contributed by atoms with Crippen molar-refractivity contribution in [2.75, 3.05) is 6.61 Å². The molecule has 23 heavy (non-hydrogen) atoms. The van der Waals surface area contributed by atoms with Crippen molar-refractivity contribution in [3.05, 3.63) is 77.6 Å². The number of para-hydroxylation sites is 1. The van der Waals surface area contributed by atoms with Crippen LogP contribution >= 0.6 is 11.8 Å². The molecular formula is C19H20N2OS. The summed E-state index contributed by atoms with van der Waals surface area (Å²) in [5.41, 5.74) is 4.48. The van der Waals surface area contributed by atoms with Crippen molar-refractivity contribution < 1.29 is 5.11 Å². The standard InChI is InChI=1S/C19H20N2OS/c1-15-13-18(21(20-15)17-5-3-2-4-6-17)14-23-19-9-7-16(8-10-19)11-12-22/h2-10,13,22H,11-12,14H2,1H3. The quantitative estimate of drug-likeness (QED) is 0.696. The summed E-state index contributed by atoms with van der Waals surface area (Å²) in [5, 5.41) is 13.6. The Labute approximate surface area is 141 Å². The van der Waals surface area contributed by atoms with Gasteiger partial charge in [0.2, 0.25) is 0 Å². The Morgan fingerprint density at radius 3 is 2.48 bits per heavy atom. The van der Waals surface area contributed by atoms with Crippen LogP contribution < -0.4 is 0 Å². The maximum Gasteiger partial charge on any atom is 0.0649 e. The monoisotopic (exact) mass is 324 g/mol. The third-order valence-corrected chi connectivity index (χ3v) is 4.66. The van der Waals surface area contributed by atoms with Crippen LogP contribution in [0.2, 0.25) is 0 Å². The lowest BCUT2D eigenvalue weighted by atomic mass is 10.2. The zero-order valence-corrected chi connectivity index (χ0v) is 14.0. The van der Waals surface area contributed by atoms with E-state index in [1.807, 2.05) is 29.8 Å². The molecule has 3 rings (SSSR count). The maximum atomic E-state index is 8.97. The van der Waals surface area contributed by atoms with Gasteiger partial charge in [0.05, 0.1) is 17.1 Å². The number of nitrogens with zero attached hydrogens (tertiary/aromatic N) is 2. The third kappa shape index (κ3) is 4.03. The van der Waals surface area contributed by atoms with Crippen molar-refractivity contribution in [1.29, 1.82) is 0 Å².